The lowest BCUT2D eigenvalue weighted by Crippen LogP contribution is -2.35. The molecular formula is C15H21N3O2S2. The molecule has 2 aromatic rings. The minimum atomic E-state index is -3.20. The molecule has 1 fully saturated rings. The Morgan fingerprint density at radius 1 is 1.50 bits per heavy atom. The second kappa shape index (κ2) is 6.52. The van der Waals surface area contributed by atoms with Gasteiger partial charge in [-0.15, -0.1) is 0 Å². The van der Waals surface area contributed by atoms with Crippen molar-refractivity contribution in [2.45, 2.75) is 30.7 Å². The van der Waals surface area contributed by atoms with Crippen molar-refractivity contribution in [3.05, 3.63) is 34.3 Å². The molecule has 0 aromatic carbocycles. The van der Waals surface area contributed by atoms with Crippen LogP contribution in [0.3, 0.4) is 0 Å². The van der Waals surface area contributed by atoms with Gasteiger partial charge in [-0.05, 0) is 54.1 Å². The van der Waals surface area contributed by atoms with Gasteiger partial charge in [0.05, 0.1) is 11.9 Å². The van der Waals surface area contributed by atoms with Crippen LogP contribution in [-0.2, 0) is 22.8 Å². The fourth-order valence-corrected chi connectivity index (χ4v) is 4.64. The molecule has 0 amide bonds. The molecule has 0 saturated carbocycles. The van der Waals surface area contributed by atoms with Crippen LogP contribution in [0.15, 0.2) is 27.9 Å². The lowest BCUT2D eigenvalue weighted by Gasteiger charge is -2.32. The highest BCUT2D eigenvalue weighted by molar-refractivity contribution is 7.90. The van der Waals surface area contributed by atoms with Crippen LogP contribution in [0.5, 0.6) is 0 Å². The minimum Gasteiger partial charge on any atom is -0.299 e. The molecule has 1 N–H and O–H groups in total. The van der Waals surface area contributed by atoms with E-state index in [2.05, 4.69) is 31.9 Å². The van der Waals surface area contributed by atoms with E-state index >= 15 is 0 Å². The van der Waals surface area contributed by atoms with Crippen molar-refractivity contribution in [3.63, 3.8) is 0 Å². The molecule has 0 spiro atoms. The van der Waals surface area contributed by atoms with Gasteiger partial charge in [-0.25, -0.2) is 8.42 Å². The molecule has 1 atom stereocenters. The van der Waals surface area contributed by atoms with E-state index < -0.39 is 9.84 Å². The van der Waals surface area contributed by atoms with Crippen LogP contribution < -0.4 is 0 Å². The number of H-pyrrole nitrogens is 1. The zero-order chi connectivity index (χ0) is 15.6. The van der Waals surface area contributed by atoms with E-state index in [0.29, 0.717) is 10.8 Å². The Morgan fingerprint density at radius 2 is 2.36 bits per heavy atom. The van der Waals surface area contributed by atoms with E-state index in [1.54, 1.807) is 11.3 Å². The quantitative estimate of drug-likeness (QED) is 0.908. The van der Waals surface area contributed by atoms with Gasteiger partial charge in [0, 0.05) is 19.3 Å². The molecule has 5 nitrogen and oxygen atoms in total. The predicted molar refractivity (Wildman–Crippen MR) is 87.7 cm³/mol. The number of hydrogen-bond donors (Lipinski definition) is 1. The molecule has 0 radical (unpaired) electrons. The number of nitrogens with zero attached hydrogens (tertiary/aromatic N) is 2. The monoisotopic (exact) mass is 339 g/mol. The summed E-state index contributed by atoms with van der Waals surface area (Å²) in [6.45, 7) is 3.12. The molecule has 0 bridgehead atoms. The van der Waals surface area contributed by atoms with Gasteiger partial charge in [0.25, 0.3) is 0 Å². The van der Waals surface area contributed by atoms with Crippen LogP contribution in [-0.4, -0.2) is 42.9 Å². The summed E-state index contributed by atoms with van der Waals surface area (Å²) in [5.41, 5.74) is 2.12. The molecule has 1 aliphatic rings. The first kappa shape index (κ1) is 15.7. The molecule has 2 aromatic heterocycles. The average Bonchev–Trinajstić information content (AvgIpc) is 3.10. The van der Waals surface area contributed by atoms with Crippen molar-refractivity contribution in [1.29, 1.82) is 0 Å². The summed E-state index contributed by atoms with van der Waals surface area (Å²) in [5, 5.41) is 11.1. The van der Waals surface area contributed by atoms with Crippen molar-refractivity contribution in [2.24, 2.45) is 5.92 Å². The lowest BCUT2D eigenvalue weighted by atomic mass is 9.93. The van der Waals surface area contributed by atoms with Gasteiger partial charge in [0.2, 0.25) is 0 Å². The molecule has 3 heterocycles. The first-order chi connectivity index (χ1) is 10.5. The second-order valence-electron chi connectivity index (χ2n) is 6.06. The van der Waals surface area contributed by atoms with Gasteiger partial charge in [0.15, 0.2) is 9.84 Å². The summed E-state index contributed by atoms with van der Waals surface area (Å²) in [4.78, 5) is 2.81. The highest BCUT2D eigenvalue weighted by Gasteiger charge is 2.24. The van der Waals surface area contributed by atoms with Crippen molar-refractivity contribution < 1.29 is 8.42 Å². The molecule has 1 saturated heterocycles. The number of rotatable bonds is 5. The Kier molecular flexibility index (Phi) is 4.65. The highest BCUT2D eigenvalue weighted by atomic mass is 32.2. The molecule has 0 aliphatic carbocycles. The molecule has 120 valence electrons. The van der Waals surface area contributed by atoms with E-state index in [4.69, 9.17) is 0 Å². The van der Waals surface area contributed by atoms with Crippen molar-refractivity contribution in [2.75, 3.05) is 19.3 Å². The predicted octanol–water partition coefficient (Wildman–Crippen LogP) is 2.33. The Labute approximate surface area is 135 Å². The number of aromatic amines is 1. The first-order valence-electron chi connectivity index (χ1n) is 7.48. The fourth-order valence-electron chi connectivity index (χ4n) is 3.16. The number of piperidine rings is 1. The van der Waals surface area contributed by atoms with Crippen LogP contribution in [0.2, 0.25) is 0 Å². The Morgan fingerprint density at radius 3 is 3.09 bits per heavy atom. The Balaban J connectivity index is 1.64. The third-order valence-corrected chi connectivity index (χ3v) is 6.04. The average molecular weight is 339 g/mol. The number of hydrogen-bond acceptors (Lipinski definition) is 5. The van der Waals surface area contributed by atoms with Crippen molar-refractivity contribution in [3.8, 4) is 0 Å². The zero-order valence-corrected chi connectivity index (χ0v) is 14.3. The normalized spacial score (nSPS) is 20.3. The minimum absolute atomic E-state index is 0.349. The van der Waals surface area contributed by atoms with Crippen LogP contribution in [0.4, 0.5) is 0 Å². The Hall–Kier alpha value is -1.18. The van der Waals surface area contributed by atoms with Gasteiger partial charge < -0.3 is 0 Å². The van der Waals surface area contributed by atoms with Crippen LogP contribution >= 0.6 is 11.3 Å². The van der Waals surface area contributed by atoms with E-state index in [-0.39, 0.29) is 0 Å². The van der Waals surface area contributed by atoms with Gasteiger partial charge in [0.1, 0.15) is 4.90 Å². The summed E-state index contributed by atoms with van der Waals surface area (Å²) < 4.78 is 23.5. The SMILES string of the molecule is CS(=O)(=O)c1cn[nH]c1C[C@@H]1CCCN(Cc2ccsc2)C1. The molecular weight excluding hydrogens is 318 g/mol. The number of aromatic nitrogens is 2. The summed E-state index contributed by atoms with van der Waals surface area (Å²) in [7, 11) is -3.20. The summed E-state index contributed by atoms with van der Waals surface area (Å²) >= 11 is 1.73. The van der Waals surface area contributed by atoms with E-state index in [9.17, 15) is 8.42 Å². The highest BCUT2D eigenvalue weighted by Crippen LogP contribution is 2.24. The van der Waals surface area contributed by atoms with Crippen LogP contribution in [0.25, 0.3) is 0 Å². The number of sulfone groups is 1. The van der Waals surface area contributed by atoms with Crippen molar-refractivity contribution >= 4 is 21.2 Å². The van der Waals surface area contributed by atoms with Crippen molar-refractivity contribution in [1.82, 2.24) is 15.1 Å². The zero-order valence-electron chi connectivity index (χ0n) is 12.7. The maximum Gasteiger partial charge on any atom is 0.178 e. The van der Waals surface area contributed by atoms with Crippen LogP contribution in [0, 0.1) is 5.92 Å². The van der Waals surface area contributed by atoms with Gasteiger partial charge in [-0.2, -0.15) is 16.4 Å². The first-order valence-corrected chi connectivity index (χ1v) is 10.3. The third-order valence-electron chi connectivity index (χ3n) is 4.16. The maximum absolute atomic E-state index is 11.8. The molecule has 3 rings (SSSR count). The molecule has 7 heteroatoms. The summed E-state index contributed by atoms with van der Waals surface area (Å²) in [5.74, 6) is 0.480. The largest absolute Gasteiger partial charge is 0.299 e. The van der Waals surface area contributed by atoms with E-state index in [1.807, 2.05) is 0 Å². The van der Waals surface area contributed by atoms with E-state index in [0.717, 1.165) is 44.6 Å². The summed E-state index contributed by atoms with van der Waals surface area (Å²) in [6.07, 6.45) is 5.73. The van der Waals surface area contributed by atoms with E-state index in [1.165, 1.54) is 18.0 Å². The number of likely N-dealkylation sites (tertiary alicyclic amines) is 1. The number of nitrogens with one attached hydrogen (secondary N) is 1. The summed E-state index contributed by atoms with van der Waals surface area (Å²) in [6, 6.07) is 2.17. The smallest absolute Gasteiger partial charge is 0.178 e. The molecule has 0 unspecified atom stereocenters. The van der Waals surface area contributed by atoms with Gasteiger partial charge in [-0.3, -0.25) is 10.00 Å². The number of thiophene rings is 1. The van der Waals surface area contributed by atoms with Crippen LogP contribution in [0.1, 0.15) is 24.1 Å². The van der Waals surface area contributed by atoms with Gasteiger partial charge >= 0.3 is 0 Å². The Bertz CT molecular complexity index is 707. The molecule has 1 aliphatic heterocycles. The second-order valence-corrected chi connectivity index (χ2v) is 8.83. The maximum atomic E-state index is 11.8. The third kappa shape index (κ3) is 3.77. The molecule has 22 heavy (non-hydrogen) atoms. The topological polar surface area (TPSA) is 66.1 Å². The van der Waals surface area contributed by atoms with Gasteiger partial charge in [-0.1, -0.05) is 0 Å². The fraction of sp³-hybridized carbons (Fsp3) is 0.533. The standard InChI is InChI=1S/C15H21N3O2S2/c1-22(19,20)15-8-16-17-14(15)7-12-3-2-5-18(9-12)10-13-4-6-21-11-13/h4,6,8,11-12H,2-3,5,7,9-10H2,1H3,(H,16,17)/t12-/m0/s1. The lowest BCUT2D eigenvalue weighted by molar-refractivity contribution is 0.166.